The molecule has 1 unspecified atom stereocenters. The van der Waals surface area contributed by atoms with Crippen LogP contribution in [0.4, 0.5) is 15.3 Å². The number of para-hydroxylation sites is 1. The lowest BCUT2D eigenvalue weighted by Crippen LogP contribution is -2.92. The van der Waals surface area contributed by atoms with Gasteiger partial charge in [-0.05, 0) is 45.9 Å². The minimum absolute atomic E-state index is 0.0514. The van der Waals surface area contributed by atoms with Gasteiger partial charge in [0, 0.05) is 11.1 Å². The number of hydroxylamine groups is 2. The zero-order chi connectivity index (χ0) is 26.4. The lowest BCUT2D eigenvalue weighted by molar-refractivity contribution is -0.709. The number of carbonyl (C=O) groups is 4. The molecule has 1 fully saturated rings. The van der Waals surface area contributed by atoms with Gasteiger partial charge in [0.25, 0.3) is 5.91 Å². The second-order valence-corrected chi connectivity index (χ2v) is 9.03. The molecule has 3 N–H and O–H groups in total. The molecule has 0 aromatic heterocycles. The first-order chi connectivity index (χ1) is 17.1. The van der Waals surface area contributed by atoms with E-state index in [4.69, 9.17) is 4.84 Å². The predicted octanol–water partition coefficient (Wildman–Crippen LogP) is 0.798. The largest absolute Gasteiger partial charge is 0.548 e. The summed E-state index contributed by atoms with van der Waals surface area (Å²) >= 11 is 0. The van der Waals surface area contributed by atoms with Gasteiger partial charge < -0.3 is 15.2 Å². The summed E-state index contributed by atoms with van der Waals surface area (Å²) < 4.78 is 0. The van der Waals surface area contributed by atoms with E-state index in [1.807, 2.05) is 0 Å². The molecule has 2 aliphatic heterocycles. The van der Waals surface area contributed by atoms with Crippen LogP contribution in [0.15, 0.2) is 54.6 Å². The summed E-state index contributed by atoms with van der Waals surface area (Å²) in [5.74, 6) is -2.10. The number of quaternary nitrogens is 1. The smallest absolute Gasteiger partial charge is 0.363 e. The Kier molecular flexibility index (Phi) is 8.62. The van der Waals surface area contributed by atoms with Crippen LogP contribution in [0.2, 0.25) is 0 Å². The number of benzene rings is 2. The summed E-state index contributed by atoms with van der Waals surface area (Å²) in [6, 6.07) is 14.2. The molecule has 0 radical (unpaired) electrons. The van der Waals surface area contributed by atoms with E-state index < -0.39 is 36.6 Å². The van der Waals surface area contributed by atoms with Crippen LogP contribution >= 0.6 is 0 Å². The maximum absolute atomic E-state index is 12.9. The van der Waals surface area contributed by atoms with Gasteiger partial charge in [-0.25, -0.2) is 14.6 Å². The van der Waals surface area contributed by atoms with Crippen molar-refractivity contribution in [3.63, 3.8) is 0 Å². The number of imide groups is 1. The van der Waals surface area contributed by atoms with Crippen LogP contribution in [0.25, 0.3) is 0 Å². The van der Waals surface area contributed by atoms with Crippen LogP contribution in [0.5, 0.6) is 0 Å². The van der Waals surface area contributed by atoms with Crippen LogP contribution in [0.3, 0.4) is 0 Å². The first kappa shape index (κ1) is 26.6. The zero-order valence-corrected chi connectivity index (χ0v) is 20.7. The molecule has 2 bridgehead atoms. The van der Waals surface area contributed by atoms with E-state index in [0.29, 0.717) is 11.3 Å². The molecule has 11 nitrogen and oxygen atoms in total. The summed E-state index contributed by atoms with van der Waals surface area (Å²) in [6.45, 7) is 8.08. The van der Waals surface area contributed by atoms with E-state index in [9.17, 15) is 24.3 Å². The number of carboxylic acid groups (broad SMARTS) is 1. The van der Waals surface area contributed by atoms with Crippen molar-refractivity contribution in [2.75, 3.05) is 18.2 Å². The van der Waals surface area contributed by atoms with Gasteiger partial charge >= 0.3 is 12.1 Å². The number of rotatable bonds is 6. The number of amides is 5. The SMILES string of the molecule is CC(C)[NH2+]C(C)C.O=C([O-])CON1C(=O)N2CC1c1ccccc1N2C(=O)NC(=O)c1ccccc1. The van der Waals surface area contributed by atoms with E-state index in [-0.39, 0.29) is 12.1 Å². The lowest BCUT2D eigenvalue weighted by atomic mass is 10.0. The Balaban J connectivity index is 0.000000454. The van der Waals surface area contributed by atoms with E-state index in [0.717, 1.165) is 27.2 Å². The third kappa shape index (κ3) is 6.18. The van der Waals surface area contributed by atoms with Gasteiger partial charge in [-0.3, -0.25) is 14.9 Å². The quantitative estimate of drug-likeness (QED) is 0.605. The highest BCUT2D eigenvalue weighted by Crippen LogP contribution is 2.42. The molecule has 4 rings (SSSR count). The number of nitrogens with one attached hydrogen (secondary N) is 1. The Morgan fingerprint density at radius 1 is 1.03 bits per heavy atom. The average Bonchev–Trinajstić information content (AvgIpc) is 3.09. The highest BCUT2D eigenvalue weighted by molar-refractivity contribution is 6.10. The second kappa shape index (κ2) is 11.6. The average molecular weight is 498 g/mol. The Morgan fingerprint density at radius 3 is 2.22 bits per heavy atom. The Morgan fingerprint density at radius 2 is 1.64 bits per heavy atom. The Labute approximate surface area is 209 Å². The molecule has 2 heterocycles. The number of hydrogen-bond acceptors (Lipinski definition) is 6. The monoisotopic (exact) mass is 497 g/mol. The number of urea groups is 2. The summed E-state index contributed by atoms with van der Waals surface area (Å²) in [6.07, 6.45) is 0. The molecule has 1 saturated heterocycles. The van der Waals surface area contributed by atoms with Crippen LogP contribution in [0.1, 0.15) is 49.7 Å². The fraction of sp³-hybridized carbons (Fsp3) is 0.360. The number of aliphatic carboxylic acids is 1. The van der Waals surface area contributed by atoms with Crippen molar-refractivity contribution in [3.05, 3.63) is 65.7 Å². The number of carbonyl (C=O) groups excluding carboxylic acids is 4. The molecule has 2 aliphatic rings. The van der Waals surface area contributed by atoms with Gasteiger partial charge in [0.05, 0.1) is 30.3 Å². The van der Waals surface area contributed by atoms with Gasteiger partial charge in [-0.1, -0.05) is 36.4 Å². The van der Waals surface area contributed by atoms with Crippen LogP contribution in [-0.4, -0.2) is 59.2 Å². The Bertz CT molecular complexity index is 1100. The molecular formula is C25H31N5O6. The second-order valence-electron chi connectivity index (χ2n) is 9.03. The third-order valence-electron chi connectivity index (χ3n) is 5.34. The van der Waals surface area contributed by atoms with Gasteiger partial charge in [0.15, 0.2) is 0 Å². The van der Waals surface area contributed by atoms with Crippen molar-refractivity contribution in [2.45, 2.75) is 45.8 Å². The van der Waals surface area contributed by atoms with Crippen molar-refractivity contribution in [3.8, 4) is 0 Å². The van der Waals surface area contributed by atoms with Gasteiger partial charge in [-0.2, -0.15) is 10.1 Å². The van der Waals surface area contributed by atoms with Crippen molar-refractivity contribution in [1.82, 2.24) is 15.4 Å². The van der Waals surface area contributed by atoms with Crippen molar-refractivity contribution >= 4 is 29.6 Å². The molecule has 192 valence electrons. The molecule has 2 aromatic carbocycles. The van der Waals surface area contributed by atoms with Crippen molar-refractivity contribution in [2.24, 2.45) is 0 Å². The minimum Gasteiger partial charge on any atom is -0.548 e. The molecule has 36 heavy (non-hydrogen) atoms. The molecule has 2 aromatic rings. The Hall–Kier alpha value is -3.96. The minimum atomic E-state index is -1.48. The highest BCUT2D eigenvalue weighted by atomic mass is 16.7. The van der Waals surface area contributed by atoms with Crippen LogP contribution in [-0.2, 0) is 9.63 Å². The molecule has 0 aliphatic carbocycles. The van der Waals surface area contributed by atoms with Gasteiger partial charge in [0.1, 0.15) is 12.6 Å². The van der Waals surface area contributed by atoms with E-state index in [2.05, 4.69) is 38.3 Å². The van der Waals surface area contributed by atoms with Gasteiger partial charge in [0.2, 0.25) is 0 Å². The van der Waals surface area contributed by atoms with E-state index in [1.54, 1.807) is 54.6 Å². The topological polar surface area (TPSA) is 139 Å². The number of hydrogen-bond donors (Lipinski definition) is 2. The van der Waals surface area contributed by atoms with E-state index >= 15 is 0 Å². The summed E-state index contributed by atoms with van der Waals surface area (Å²) in [5, 5.41) is 18.4. The van der Waals surface area contributed by atoms with Crippen molar-refractivity contribution < 1.29 is 34.4 Å². The maximum Gasteiger partial charge on any atom is 0.363 e. The number of anilines is 1. The summed E-state index contributed by atoms with van der Waals surface area (Å²) in [7, 11) is 0. The first-order valence-electron chi connectivity index (χ1n) is 11.7. The number of carboxylic acids is 1. The molecule has 5 amide bonds. The van der Waals surface area contributed by atoms with Crippen LogP contribution in [0, 0.1) is 0 Å². The fourth-order valence-corrected chi connectivity index (χ4v) is 4.12. The maximum atomic E-state index is 12.9. The lowest BCUT2D eigenvalue weighted by Gasteiger charge is -2.34. The third-order valence-corrected chi connectivity index (χ3v) is 5.34. The molecular weight excluding hydrogens is 466 g/mol. The number of hydrazine groups is 1. The standard InChI is InChI=1S/C19H16N4O6.C6H15N/c24-16(25)11-29-23-15-10-21(19(23)28)22(14-9-5-4-8-13(14)15)18(27)20-17(26)12-6-2-1-3-7-12;1-5(2)7-6(3)4/h1-9,15H,10-11H2,(H,24,25)(H,20,26,27);5-7H,1-4H3. The summed E-state index contributed by atoms with van der Waals surface area (Å²) in [4.78, 5) is 53.8. The highest BCUT2D eigenvalue weighted by Gasteiger charge is 2.50. The van der Waals surface area contributed by atoms with E-state index in [1.165, 1.54) is 0 Å². The normalized spacial score (nSPS) is 16.0. The van der Waals surface area contributed by atoms with Crippen LogP contribution < -0.4 is 20.7 Å². The number of nitrogens with two attached hydrogens (primary N) is 1. The predicted molar refractivity (Wildman–Crippen MR) is 128 cm³/mol. The number of fused-ring (bicyclic) bond motifs is 4. The van der Waals surface area contributed by atoms with Gasteiger partial charge in [-0.15, -0.1) is 0 Å². The van der Waals surface area contributed by atoms with Crippen molar-refractivity contribution in [1.29, 1.82) is 0 Å². The summed E-state index contributed by atoms with van der Waals surface area (Å²) in [5.41, 5.74) is 1.25. The molecule has 0 saturated carbocycles. The molecule has 11 heteroatoms. The fourth-order valence-electron chi connectivity index (χ4n) is 4.12. The number of nitrogens with zero attached hydrogens (tertiary/aromatic N) is 3. The molecule has 0 spiro atoms. The first-order valence-corrected chi connectivity index (χ1v) is 11.7. The molecule has 1 atom stereocenters. The zero-order valence-electron chi connectivity index (χ0n) is 20.7.